The summed E-state index contributed by atoms with van der Waals surface area (Å²) >= 11 is 11.8. The van der Waals surface area contributed by atoms with Crippen molar-refractivity contribution in [3.63, 3.8) is 0 Å². The highest BCUT2D eigenvalue weighted by Crippen LogP contribution is 2.39. The molecule has 7 nitrogen and oxygen atoms in total. The largest absolute Gasteiger partial charge is 0.484 e. The summed E-state index contributed by atoms with van der Waals surface area (Å²) < 4.78 is 70.2. The lowest BCUT2D eigenvalue weighted by molar-refractivity contribution is -0.137. The number of hydrogen-bond acceptors (Lipinski definition) is 6. The molecule has 0 saturated heterocycles. The predicted octanol–water partition coefficient (Wildman–Crippen LogP) is 5.81. The maximum absolute atomic E-state index is 14.8. The summed E-state index contributed by atoms with van der Waals surface area (Å²) in [5, 5.41) is 10.3. The van der Waals surface area contributed by atoms with E-state index in [4.69, 9.17) is 37.4 Å². The van der Waals surface area contributed by atoms with E-state index in [1.165, 1.54) is 24.3 Å². The van der Waals surface area contributed by atoms with Gasteiger partial charge in [0, 0.05) is 15.6 Å². The Morgan fingerprint density at radius 1 is 1.11 bits per heavy atom. The zero-order valence-electron chi connectivity index (χ0n) is 17.5. The maximum atomic E-state index is 14.8. The van der Waals surface area contributed by atoms with E-state index >= 15 is 0 Å². The number of ether oxygens (including phenoxy) is 3. The lowest BCUT2D eigenvalue weighted by Crippen LogP contribution is -2.30. The summed E-state index contributed by atoms with van der Waals surface area (Å²) in [7, 11) is 0. The highest BCUT2D eigenvalue weighted by Gasteiger charge is 2.32. The van der Waals surface area contributed by atoms with E-state index in [0.29, 0.717) is 5.02 Å². The minimum atomic E-state index is -4.61. The Morgan fingerprint density at radius 3 is 2.63 bits per heavy atom. The van der Waals surface area contributed by atoms with Crippen LogP contribution in [-0.2, 0) is 6.18 Å². The molecule has 0 saturated carbocycles. The van der Waals surface area contributed by atoms with Crippen LogP contribution in [0.1, 0.15) is 27.7 Å². The monoisotopic (exact) mass is 531 g/mol. The van der Waals surface area contributed by atoms with Gasteiger partial charge in [-0.2, -0.15) is 13.2 Å². The van der Waals surface area contributed by atoms with Crippen molar-refractivity contribution < 1.29 is 36.6 Å². The Kier molecular flexibility index (Phi) is 7.18. The third kappa shape index (κ3) is 5.68. The summed E-state index contributed by atoms with van der Waals surface area (Å²) in [4.78, 5) is 13.0. The SMILES string of the molecule is O=C(NCC(F)c1ccc(Cl)cc1Cl)c1c(Oc2cccc(C(F)(F)F)c2)nnc2c1OCCO2. The van der Waals surface area contributed by atoms with Crippen molar-refractivity contribution in [1.29, 1.82) is 0 Å². The fourth-order valence-electron chi connectivity index (χ4n) is 3.16. The van der Waals surface area contributed by atoms with Gasteiger partial charge in [0.1, 0.15) is 25.1 Å². The van der Waals surface area contributed by atoms with Crippen molar-refractivity contribution in [3.8, 4) is 23.3 Å². The second-order valence-electron chi connectivity index (χ2n) is 7.18. The smallest absolute Gasteiger partial charge is 0.416 e. The Labute approximate surface area is 205 Å². The molecule has 1 unspecified atom stereocenters. The van der Waals surface area contributed by atoms with Gasteiger partial charge < -0.3 is 19.5 Å². The first kappa shape index (κ1) is 24.8. The molecule has 2 aromatic carbocycles. The van der Waals surface area contributed by atoms with Gasteiger partial charge in [-0.15, -0.1) is 10.2 Å². The van der Waals surface area contributed by atoms with E-state index in [9.17, 15) is 22.4 Å². The molecule has 1 amide bonds. The van der Waals surface area contributed by atoms with Crippen LogP contribution in [0.2, 0.25) is 10.0 Å². The average molecular weight is 532 g/mol. The van der Waals surface area contributed by atoms with Gasteiger partial charge in [0.2, 0.25) is 5.75 Å². The second kappa shape index (κ2) is 10.1. The van der Waals surface area contributed by atoms with Gasteiger partial charge in [0.15, 0.2) is 5.56 Å². The number of benzene rings is 2. The van der Waals surface area contributed by atoms with E-state index in [-0.39, 0.29) is 46.7 Å². The molecule has 0 spiro atoms. The van der Waals surface area contributed by atoms with E-state index in [1.54, 1.807) is 0 Å². The molecule has 2 heterocycles. The molecule has 0 fully saturated rings. The number of nitrogens with one attached hydrogen (secondary N) is 1. The molecular weight excluding hydrogens is 517 g/mol. The lowest BCUT2D eigenvalue weighted by Gasteiger charge is -2.21. The van der Waals surface area contributed by atoms with Crippen LogP contribution in [0, 0.1) is 0 Å². The summed E-state index contributed by atoms with van der Waals surface area (Å²) in [6.07, 6.45) is -6.31. The first-order valence-corrected chi connectivity index (χ1v) is 10.8. The molecule has 13 heteroatoms. The lowest BCUT2D eigenvalue weighted by atomic mass is 10.1. The summed E-state index contributed by atoms with van der Waals surface area (Å²) in [6.45, 7) is -0.298. The van der Waals surface area contributed by atoms with Gasteiger partial charge in [-0.25, -0.2) is 4.39 Å². The normalized spacial score (nSPS) is 13.8. The van der Waals surface area contributed by atoms with Gasteiger partial charge in [-0.05, 0) is 30.3 Å². The summed E-state index contributed by atoms with van der Waals surface area (Å²) in [6, 6.07) is 8.17. The van der Waals surface area contributed by atoms with Crippen molar-refractivity contribution in [2.24, 2.45) is 0 Å². The molecule has 3 aromatic rings. The van der Waals surface area contributed by atoms with Crippen molar-refractivity contribution >= 4 is 29.1 Å². The Bertz CT molecular complexity index is 1260. The summed E-state index contributed by atoms with van der Waals surface area (Å²) in [5.41, 5.74) is -1.18. The molecule has 35 heavy (non-hydrogen) atoms. The van der Waals surface area contributed by atoms with Gasteiger partial charge in [-0.3, -0.25) is 4.79 Å². The van der Waals surface area contributed by atoms with Crippen molar-refractivity contribution in [2.45, 2.75) is 12.3 Å². The number of alkyl halides is 4. The number of halogens is 6. The van der Waals surface area contributed by atoms with E-state index in [2.05, 4.69) is 15.5 Å². The molecule has 1 atom stereocenters. The maximum Gasteiger partial charge on any atom is 0.416 e. The predicted molar refractivity (Wildman–Crippen MR) is 117 cm³/mol. The Balaban J connectivity index is 1.61. The van der Waals surface area contributed by atoms with Crippen LogP contribution in [-0.4, -0.2) is 35.9 Å². The fraction of sp³-hybridized carbons (Fsp3) is 0.227. The zero-order chi connectivity index (χ0) is 25.2. The number of amides is 1. The van der Waals surface area contributed by atoms with Crippen LogP contribution >= 0.6 is 23.2 Å². The molecular formula is C22H15Cl2F4N3O4. The number of fused-ring (bicyclic) bond motifs is 1. The average Bonchev–Trinajstić information content (AvgIpc) is 2.82. The molecule has 1 aliphatic rings. The zero-order valence-corrected chi connectivity index (χ0v) is 19.0. The fourth-order valence-corrected chi connectivity index (χ4v) is 3.68. The molecule has 1 N–H and O–H groups in total. The molecule has 4 rings (SSSR count). The van der Waals surface area contributed by atoms with Gasteiger partial charge >= 0.3 is 6.18 Å². The Hall–Kier alpha value is -3.31. The van der Waals surface area contributed by atoms with Crippen LogP contribution in [0.3, 0.4) is 0 Å². The number of aromatic nitrogens is 2. The minimum absolute atomic E-state index is 0.0636. The van der Waals surface area contributed by atoms with Crippen molar-refractivity contribution in [2.75, 3.05) is 19.8 Å². The molecule has 0 radical (unpaired) electrons. The number of carbonyl (C=O) groups is 1. The van der Waals surface area contributed by atoms with Crippen molar-refractivity contribution in [3.05, 3.63) is 69.2 Å². The van der Waals surface area contributed by atoms with Crippen LogP contribution in [0.15, 0.2) is 42.5 Å². The Morgan fingerprint density at radius 2 is 1.89 bits per heavy atom. The number of hydrogen-bond donors (Lipinski definition) is 1. The third-order valence-corrected chi connectivity index (χ3v) is 5.34. The third-order valence-electron chi connectivity index (χ3n) is 4.78. The van der Waals surface area contributed by atoms with Gasteiger partial charge in [0.25, 0.3) is 17.7 Å². The van der Waals surface area contributed by atoms with Gasteiger partial charge in [-0.1, -0.05) is 35.3 Å². The van der Waals surface area contributed by atoms with Crippen LogP contribution in [0.5, 0.6) is 23.3 Å². The standard InChI is InChI=1S/C22H15Cl2F4N3O4/c23-12-4-5-14(15(24)9-12)16(25)10-29-19(32)17-18-21(34-7-6-33-18)31-30-20(17)35-13-3-1-2-11(8-13)22(26,27)28/h1-5,8-9,16H,6-7,10H2,(H,29,32). The summed E-state index contributed by atoms with van der Waals surface area (Å²) in [5.74, 6) is -1.83. The number of nitrogens with zero attached hydrogens (tertiary/aromatic N) is 2. The first-order chi connectivity index (χ1) is 16.6. The van der Waals surface area contributed by atoms with Crippen LogP contribution < -0.4 is 19.5 Å². The quantitative estimate of drug-likeness (QED) is 0.404. The van der Waals surface area contributed by atoms with E-state index in [1.807, 2.05) is 0 Å². The molecule has 184 valence electrons. The van der Waals surface area contributed by atoms with Crippen LogP contribution in [0.4, 0.5) is 17.6 Å². The second-order valence-corrected chi connectivity index (χ2v) is 8.03. The van der Waals surface area contributed by atoms with Crippen LogP contribution in [0.25, 0.3) is 0 Å². The minimum Gasteiger partial charge on any atom is -0.484 e. The molecule has 1 aromatic heterocycles. The number of rotatable bonds is 6. The topological polar surface area (TPSA) is 82.6 Å². The highest BCUT2D eigenvalue weighted by atomic mass is 35.5. The van der Waals surface area contributed by atoms with Crippen molar-refractivity contribution in [1.82, 2.24) is 15.5 Å². The molecule has 0 bridgehead atoms. The molecule has 0 aliphatic carbocycles. The highest BCUT2D eigenvalue weighted by molar-refractivity contribution is 6.35. The number of carbonyl (C=O) groups excluding carboxylic acids is 1. The van der Waals surface area contributed by atoms with E-state index < -0.39 is 36.2 Å². The first-order valence-electron chi connectivity index (χ1n) is 10.0. The van der Waals surface area contributed by atoms with E-state index in [0.717, 1.165) is 18.2 Å². The van der Waals surface area contributed by atoms with Gasteiger partial charge in [0.05, 0.1) is 12.1 Å². The molecule has 1 aliphatic heterocycles.